The second-order valence-corrected chi connectivity index (χ2v) is 6.84. The smallest absolute Gasteiger partial charge is 0.329 e. The lowest BCUT2D eigenvalue weighted by Gasteiger charge is -2.27. The zero-order chi connectivity index (χ0) is 21.7. The normalized spacial score (nSPS) is 18.1. The Bertz CT molecular complexity index is 1010. The van der Waals surface area contributed by atoms with Gasteiger partial charge in [-0.15, -0.1) is 4.91 Å². The van der Waals surface area contributed by atoms with Gasteiger partial charge in [-0.3, -0.25) is 0 Å². The highest BCUT2D eigenvalue weighted by Gasteiger charge is 2.44. The largest absolute Gasteiger partial charge is 0.464 e. The molecule has 2 atom stereocenters. The number of nitriles is 1. The van der Waals surface area contributed by atoms with Crippen LogP contribution >= 0.6 is 0 Å². The minimum atomic E-state index is -0.596. The van der Waals surface area contributed by atoms with E-state index in [0.717, 1.165) is 11.3 Å². The standard InChI is InChI=1S/C23H23N3O4/c1-4-19-17(14-24)21(22(26(19)3)23(27)29-5-2)15-10-12-16(13-11-15)30-20-9-7-6-8-18(20)25-28/h6-13,21-22H,4-5H2,1-3H3. The zero-order valence-corrected chi connectivity index (χ0v) is 17.2. The van der Waals surface area contributed by atoms with E-state index in [2.05, 4.69) is 11.2 Å². The van der Waals surface area contributed by atoms with Gasteiger partial charge in [0.25, 0.3) is 0 Å². The molecule has 2 unspecified atom stereocenters. The summed E-state index contributed by atoms with van der Waals surface area (Å²) in [6.07, 6.45) is 0.641. The average Bonchev–Trinajstić information content (AvgIpc) is 3.06. The molecule has 1 heterocycles. The van der Waals surface area contributed by atoms with Gasteiger partial charge in [0, 0.05) is 12.7 Å². The van der Waals surface area contributed by atoms with Crippen LogP contribution in [0.5, 0.6) is 11.5 Å². The first kappa shape index (κ1) is 21.1. The lowest BCUT2D eigenvalue weighted by atomic mass is 9.87. The molecule has 7 nitrogen and oxygen atoms in total. The number of hydrogen-bond acceptors (Lipinski definition) is 7. The third-order valence-electron chi connectivity index (χ3n) is 5.19. The second-order valence-electron chi connectivity index (χ2n) is 6.84. The molecule has 154 valence electrons. The van der Waals surface area contributed by atoms with Crippen molar-refractivity contribution in [3.63, 3.8) is 0 Å². The van der Waals surface area contributed by atoms with Gasteiger partial charge in [-0.25, -0.2) is 4.79 Å². The predicted molar refractivity (Wildman–Crippen MR) is 112 cm³/mol. The molecule has 2 aromatic rings. The van der Waals surface area contributed by atoms with Crippen molar-refractivity contribution in [3.8, 4) is 17.6 Å². The van der Waals surface area contributed by atoms with Crippen molar-refractivity contribution in [1.82, 2.24) is 4.90 Å². The van der Waals surface area contributed by atoms with Crippen molar-refractivity contribution in [3.05, 3.63) is 70.3 Å². The number of ether oxygens (including phenoxy) is 2. The molecule has 0 spiro atoms. The van der Waals surface area contributed by atoms with Crippen LogP contribution in [0, 0.1) is 16.2 Å². The number of likely N-dealkylation sites (N-methyl/N-ethyl adjacent to an activating group) is 1. The summed E-state index contributed by atoms with van der Waals surface area (Å²) < 4.78 is 11.1. The van der Waals surface area contributed by atoms with Crippen LogP contribution in [0.2, 0.25) is 0 Å². The zero-order valence-electron chi connectivity index (χ0n) is 17.2. The third-order valence-corrected chi connectivity index (χ3v) is 5.19. The molecule has 0 amide bonds. The van der Waals surface area contributed by atoms with Gasteiger partial charge in [-0.1, -0.05) is 31.2 Å². The summed E-state index contributed by atoms with van der Waals surface area (Å²) in [5.41, 5.74) is 2.44. The van der Waals surface area contributed by atoms with Crippen LogP contribution in [-0.2, 0) is 9.53 Å². The topological polar surface area (TPSA) is 92.0 Å². The van der Waals surface area contributed by atoms with Crippen molar-refractivity contribution in [2.24, 2.45) is 5.18 Å². The van der Waals surface area contributed by atoms with Gasteiger partial charge < -0.3 is 14.4 Å². The third kappa shape index (κ3) is 3.90. The lowest BCUT2D eigenvalue weighted by molar-refractivity contribution is -0.148. The molecule has 0 aromatic heterocycles. The monoisotopic (exact) mass is 405 g/mol. The van der Waals surface area contributed by atoms with E-state index in [0.29, 0.717) is 23.5 Å². The number of benzene rings is 2. The molecule has 0 N–H and O–H groups in total. The number of carbonyl (C=O) groups is 1. The molecule has 2 aromatic carbocycles. The van der Waals surface area contributed by atoms with Crippen LogP contribution in [0.3, 0.4) is 0 Å². The lowest BCUT2D eigenvalue weighted by Crippen LogP contribution is -2.39. The van der Waals surface area contributed by atoms with Crippen LogP contribution in [0.4, 0.5) is 5.69 Å². The van der Waals surface area contributed by atoms with E-state index < -0.39 is 12.0 Å². The second kappa shape index (κ2) is 9.23. The van der Waals surface area contributed by atoms with E-state index in [1.807, 2.05) is 31.0 Å². The summed E-state index contributed by atoms with van der Waals surface area (Å²) in [5, 5.41) is 12.8. The van der Waals surface area contributed by atoms with E-state index in [1.54, 1.807) is 43.3 Å². The summed E-state index contributed by atoms with van der Waals surface area (Å²) >= 11 is 0. The number of esters is 1. The fourth-order valence-corrected chi connectivity index (χ4v) is 3.85. The summed E-state index contributed by atoms with van der Waals surface area (Å²) in [6, 6.07) is 15.5. The summed E-state index contributed by atoms with van der Waals surface area (Å²) in [7, 11) is 1.82. The number of carbonyl (C=O) groups excluding carboxylic acids is 1. The Morgan fingerprint density at radius 1 is 1.17 bits per heavy atom. The van der Waals surface area contributed by atoms with E-state index in [9.17, 15) is 15.0 Å². The minimum Gasteiger partial charge on any atom is -0.464 e. The molecular weight excluding hydrogens is 382 g/mol. The van der Waals surface area contributed by atoms with E-state index in [4.69, 9.17) is 9.47 Å². The highest BCUT2D eigenvalue weighted by molar-refractivity contribution is 5.80. The Morgan fingerprint density at radius 3 is 2.47 bits per heavy atom. The molecule has 0 aliphatic carbocycles. The molecule has 7 heteroatoms. The first-order chi connectivity index (χ1) is 14.5. The first-order valence-corrected chi connectivity index (χ1v) is 9.78. The molecular formula is C23H23N3O4. The Morgan fingerprint density at radius 2 is 1.87 bits per heavy atom. The number of nitrogens with zero attached hydrogens (tertiary/aromatic N) is 3. The SMILES string of the molecule is CCOC(=O)C1C(c2ccc(Oc3ccccc3N=O)cc2)C(C#N)=C(CC)N1C. The van der Waals surface area contributed by atoms with Crippen molar-refractivity contribution < 1.29 is 14.3 Å². The summed E-state index contributed by atoms with van der Waals surface area (Å²) in [5.74, 6) is 0.0997. The quantitative estimate of drug-likeness (QED) is 0.474. The van der Waals surface area contributed by atoms with Crippen LogP contribution in [0.25, 0.3) is 0 Å². The average molecular weight is 405 g/mol. The molecule has 0 saturated carbocycles. The minimum absolute atomic E-state index is 0.212. The maximum atomic E-state index is 12.7. The van der Waals surface area contributed by atoms with Gasteiger partial charge in [-0.2, -0.15) is 5.26 Å². The highest BCUT2D eigenvalue weighted by Crippen LogP contribution is 2.42. The van der Waals surface area contributed by atoms with Gasteiger partial charge in [0.05, 0.1) is 24.2 Å². The van der Waals surface area contributed by atoms with Crippen LogP contribution in [-0.4, -0.2) is 30.6 Å². The molecule has 1 aliphatic rings. The Kier molecular flexibility index (Phi) is 6.48. The predicted octanol–water partition coefficient (Wildman–Crippen LogP) is 5.03. The maximum absolute atomic E-state index is 12.7. The number of nitroso groups, excluding NO2 is 1. The number of rotatable bonds is 7. The maximum Gasteiger partial charge on any atom is 0.329 e. The van der Waals surface area contributed by atoms with Gasteiger partial charge in [0.2, 0.25) is 0 Å². The summed E-state index contributed by atoms with van der Waals surface area (Å²) in [6.45, 7) is 4.00. The van der Waals surface area contributed by atoms with E-state index in [-0.39, 0.29) is 18.3 Å². The molecule has 0 saturated heterocycles. The summed E-state index contributed by atoms with van der Waals surface area (Å²) in [4.78, 5) is 25.5. The fraction of sp³-hybridized carbons (Fsp3) is 0.304. The Hall–Kier alpha value is -3.66. The number of hydrogen-bond donors (Lipinski definition) is 0. The fourth-order valence-electron chi connectivity index (χ4n) is 3.85. The number of allylic oxidation sites excluding steroid dienone is 1. The van der Waals surface area contributed by atoms with Crippen molar-refractivity contribution in [1.29, 1.82) is 5.26 Å². The molecule has 0 fully saturated rings. The van der Waals surface area contributed by atoms with E-state index >= 15 is 0 Å². The first-order valence-electron chi connectivity index (χ1n) is 9.78. The molecule has 0 radical (unpaired) electrons. The van der Waals surface area contributed by atoms with Crippen LogP contribution in [0.15, 0.2) is 65.0 Å². The van der Waals surface area contributed by atoms with Crippen molar-refractivity contribution in [2.45, 2.75) is 32.2 Å². The highest BCUT2D eigenvalue weighted by atomic mass is 16.5. The van der Waals surface area contributed by atoms with Crippen molar-refractivity contribution in [2.75, 3.05) is 13.7 Å². The van der Waals surface area contributed by atoms with Crippen LogP contribution < -0.4 is 4.74 Å². The van der Waals surface area contributed by atoms with Gasteiger partial charge in [0.1, 0.15) is 11.8 Å². The van der Waals surface area contributed by atoms with Gasteiger partial charge >= 0.3 is 5.97 Å². The Labute approximate surface area is 175 Å². The molecule has 0 bridgehead atoms. The van der Waals surface area contributed by atoms with Crippen molar-refractivity contribution >= 4 is 11.7 Å². The molecule has 3 rings (SSSR count). The van der Waals surface area contributed by atoms with Gasteiger partial charge in [-0.05, 0) is 48.4 Å². The van der Waals surface area contributed by atoms with E-state index in [1.165, 1.54) is 0 Å². The number of para-hydroxylation sites is 1. The Balaban J connectivity index is 1.94. The molecule has 1 aliphatic heterocycles. The van der Waals surface area contributed by atoms with Crippen LogP contribution in [0.1, 0.15) is 31.7 Å². The molecule has 30 heavy (non-hydrogen) atoms. The van der Waals surface area contributed by atoms with Gasteiger partial charge in [0.15, 0.2) is 11.4 Å².